The summed E-state index contributed by atoms with van der Waals surface area (Å²) in [5.41, 5.74) is 2.06. The maximum Gasteiger partial charge on any atom is 0.237 e. The van der Waals surface area contributed by atoms with E-state index >= 15 is 0 Å². The van der Waals surface area contributed by atoms with Gasteiger partial charge in [-0.05, 0) is 73.7 Å². The number of tetrazole rings is 1. The van der Waals surface area contributed by atoms with Crippen molar-refractivity contribution < 1.29 is 4.79 Å². The third-order valence-electron chi connectivity index (χ3n) is 5.89. The van der Waals surface area contributed by atoms with Gasteiger partial charge in [0, 0.05) is 24.5 Å². The van der Waals surface area contributed by atoms with Crippen molar-refractivity contribution in [2.75, 3.05) is 23.3 Å². The predicted octanol–water partition coefficient (Wildman–Crippen LogP) is 4.29. The van der Waals surface area contributed by atoms with Crippen LogP contribution >= 0.6 is 11.8 Å². The molecule has 1 amide bonds. The number of nitrogens with one attached hydrogen (secondary N) is 1. The molecule has 156 valence electrons. The molecule has 1 saturated carbocycles. The Kier molecular flexibility index (Phi) is 6.69. The number of piperidine rings is 1. The number of hydrogen-bond acceptors (Lipinski definition) is 6. The van der Waals surface area contributed by atoms with E-state index in [9.17, 15) is 4.79 Å². The summed E-state index contributed by atoms with van der Waals surface area (Å²) >= 11 is 1.43. The van der Waals surface area contributed by atoms with Crippen molar-refractivity contribution in [3.05, 3.63) is 24.3 Å². The van der Waals surface area contributed by atoms with Crippen LogP contribution in [0.3, 0.4) is 0 Å². The smallest absolute Gasteiger partial charge is 0.237 e. The molecule has 1 N–H and O–H groups in total. The zero-order valence-electron chi connectivity index (χ0n) is 17.1. The molecule has 8 heteroatoms. The van der Waals surface area contributed by atoms with Crippen LogP contribution in [-0.2, 0) is 4.79 Å². The monoisotopic (exact) mass is 414 g/mol. The standard InChI is InChI=1S/C21H30N6OS/c1-16(29-21-23-24-25-27(21)19-8-4-2-5-9-19)20(28)22-17-10-12-18(13-11-17)26-14-6-3-7-15-26/h10-13,16,19H,2-9,14-15H2,1H3,(H,22,28). The van der Waals surface area contributed by atoms with E-state index in [2.05, 4.69) is 37.9 Å². The maximum atomic E-state index is 12.7. The number of anilines is 2. The number of aromatic nitrogens is 4. The van der Waals surface area contributed by atoms with E-state index in [1.165, 1.54) is 56.0 Å². The molecule has 0 radical (unpaired) electrons. The van der Waals surface area contributed by atoms with Crippen LogP contribution < -0.4 is 10.2 Å². The van der Waals surface area contributed by atoms with Gasteiger partial charge in [0.1, 0.15) is 0 Å². The molecule has 1 saturated heterocycles. The summed E-state index contributed by atoms with van der Waals surface area (Å²) in [6.07, 6.45) is 9.79. The number of benzene rings is 1. The fourth-order valence-electron chi connectivity index (χ4n) is 4.18. The van der Waals surface area contributed by atoms with Crippen LogP contribution in [0.2, 0.25) is 0 Å². The predicted molar refractivity (Wildman–Crippen MR) is 116 cm³/mol. The third-order valence-corrected chi connectivity index (χ3v) is 6.94. The Labute approximate surface area is 176 Å². The maximum absolute atomic E-state index is 12.7. The molecule has 1 aliphatic heterocycles. The second kappa shape index (κ2) is 9.61. The lowest BCUT2D eigenvalue weighted by Crippen LogP contribution is -2.29. The van der Waals surface area contributed by atoms with Crippen molar-refractivity contribution in [3.8, 4) is 0 Å². The van der Waals surface area contributed by atoms with Crippen molar-refractivity contribution in [2.24, 2.45) is 0 Å². The Morgan fingerprint density at radius 1 is 1.07 bits per heavy atom. The van der Waals surface area contributed by atoms with Crippen LogP contribution in [-0.4, -0.2) is 44.5 Å². The van der Waals surface area contributed by atoms with Crippen LogP contribution in [0.15, 0.2) is 29.4 Å². The van der Waals surface area contributed by atoms with Gasteiger partial charge in [0.15, 0.2) is 0 Å². The molecule has 1 aliphatic carbocycles. The molecule has 7 nitrogen and oxygen atoms in total. The first-order chi connectivity index (χ1) is 14.2. The highest BCUT2D eigenvalue weighted by molar-refractivity contribution is 8.00. The number of amides is 1. The van der Waals surface area contributed by atoms with Crippen LogP contribution in [0.5, 0.6) is 0 Å². The average molecular weight is 415 g/mol. The molecule has 0 bridgehead atoms. The molecule has 2 fully saturated rings. The SMILES string of the molecule is CC(Sc1nnnn1C1CCCCC1)C(=O)Nc1ccc(N2CCCCC2)cc1. The fraction of sp³-hybridized carbons (Fsp3) is 0.619. The Morgan fingerprint density at radius 2 is 1.76 bits per heavy atom. The highest BCUT2D eigenvalue weighted by atomic mass is 32.2. The molecular formula is C21H30N6OS. The second-order valence-corrected chi connectivity index (χ2v) is 9.35. The number of nitrogens with zero attached hydrogens (tertiary/aromatic N) is 5. The molecule has 1 unspecified atom stereocenters. The molecule has 2 aliphatic rings. The lowest BCUT2D eigenvalue weighted by molar-refractivity contribution is -0.115. The van der Waals surface area contributed by atoms with Gasteiger partial charge in [0.2, 0.25) is 11.1 Å². The van der Waals surface area contributed by atoms with Gasteiger partial charge in [-0.15, -0.1) is 5.10 Å². The van der Waals surface area contributed by atoms with Crippen LogP contribution in [0.25, 0.3) is 0 Å². The van der Waals surface area contributed by atoms with Crippen molar-refractivity contribution in [1.29, 1.82) is 0 Å². The van der Waals surface area contributed by atoms with Crippen molar-refractivity contribution in [3.63, 3.8) is 0 Å². The molecule has 29 heavy (non-hydrogen) atoms. The van der Waals surface area contributed by atoms with Gasteiger partial charge in [-0.2, -0.15) is 0 Å². The summed E-state index contributed by atoms with van der Waals surface area (Å²) in [6, 6.07) is 8.54. The Hall–Kier alpha value is -2.09. The van der Waals surface area contributed by atoms with Gasteiger partial charge < -0.3 is 10.2 Å². The van der Waals surface area contributed by atoms with E-state index in [4.69, 9.17) is 0 Å². The van der Waals surface area contributed by atoms with Crippen LogP contribution in [0, 0.1) is 0 Å². The Balaban J connectivity index is 1.33. The number of carbonyl (C=O) groups excluding carboxylic acids is 1. The minimum absolute atomic E-state index is 0.0288. The quantitative estimate of drug-likeness (QED) is 0.711. The molecule has 4 rings (SSSR count). The summed E-state index contributed by atoms with van der Waals surface area (Å²) < 4.78 is 1.92. The number of thioether (sulfide) groups is 1. The minimum Gasteiger partial charge on any atom is -0.372 e. The highest BCUT2D eigenvalue weighted by Gasteiger charge is 2.24. The average Bonchev–Trinajstić information content (AvgIpc) is 3.23. The molecular weight excluding hydrogens is 384 g/mol. The topological polar surface area (TPSA) is 75.9 Å². The first-order valence-corrected chi connectivity index (χ1v) is 11.7. The zero-order valence-corrected chi connectivity index (χ0v) is 17.9. The number of rotatable bonds is 6. The summed E-state index contributed by atoms with van der Waals surface area (Å²) in [7, 11) is 0. The van der Waals surface area contributed by atoms with E-state index in [1.807, 2.05) is 23.7 Å². The van der Waals surface area contributed by atoms with E-state index in [-0.39, 0.29) is 11.2 Å². The van der Waals surface area contributed by atoms with E-state index < -0.39 is 0 Å². The summed E-state index contributed by atoms with van der Waals surface area (Å²) in [5, 5.41) is 15.7. The zero-order chi connectivity index (χ0) is 20.1. The summed E-state index contributed by atoms with van der Waals surface area (Å²) in [5.74, 6) is -0.0288. The van der Waals surface area contributed by atoms with Gasteiger partial charge in [-0.3, -0.25) is 4.79 Å². The Morgan fingerprint density at radius 3 is 2.48 bits per heavy atom. The van der Waals surface area contributed by atoms with Crippen LogP contribution in [0.1, 0.15) is 64.3 Å². The fourth-order valence-corrected chi connectivity index (χ4v) is 5.04. The van der Waals surface area contributed by atoms with Gasteiger partial charge in [-0.25, -0.2) is 4.68 Å². The summed E-state index contributed by atoms with van der Waals surface area (Å²) in [6.45, 7) is 4.15. The van der Waals surface area contributed by atoms with Gasteiger partial charge in [-0.1, -0.05) is 31.0 Å². The largest absolute Gasteiger partial charge is 0.372 e. The lowest BCUT2D eigenvalue weighted by atomic mass is 9.96. The number of carbonyl (C=O) groups is 1. The minimum atomic E-state index is -0.273. The van der Waals surface area contributed by atoms with Crippen molar-refractivity contribution in [1.82, 2.24) is 20.2 Å². The number of hydrogen-bond donors (Lipinski definition) is 1. The van der Waals surface area contributed by atoms with Gasteiger partial charge in [0.05, 0.1) is 11.3 Å². The third kappa shape index (κ3) is 5.10. The van der Waals surface area contributed by atoms with Crippen LogP contribution in [0.4, 0.5) is 11.4 Å². The van der Waals surface area contributed by atoms with Crippen molar-refractivity contribution in [2.45, 2.75) is 74.7 Å². The molecule has 2 aromatic rings. The molecule has 1 atom stereocenters. The van der Waals surface area contributed by atoms with E-state index in [0.29, 0.717) is 6.04 Å². The lowest BCUT2D eigenvalue weighted by Gasteiger charge is -2.28. The first-order valence-electron chi connectivity index (χ1n) is 10.8. The van der Waals surface area contributed by atoms with Crippen molar-refractivity contribution >= 4 is 29.0 Å². The Bertz CT molecular complexity index is 796. The van der Waals surface area contributed by atoms with E-state index in [1.54, 1.807) is 0 Å². The molecule has 1 aromatic heterocycles. The summed E-state index contributed by atoms with van der Waals surface area (Å²) in [4.78, 5) is 15.1. The second-order valence-electron chi connectivity index (χ2n) is 8.04. The highest BCUT2D eigenvalue weighted by Crippen LogP contribution is 2.31. The van der Waals surface area contributed by atoms with Gasteiger partial charge in [0.25, 0.3) is 0 Å². The van der Waals surface area contributed by atoms with Gasteiger partial charge >= 0.3 is 0 Å². The molecule has 2 heterocycles. The first kappa shape index (κ1) is 20.2. The van der Waals surface area contributed by atoms with E-state index in [0.717, 1.165) is 36.8 Å². The molecule has 1 aromatic carbocycles. The normalized spacial score (nSPS) is 19.1. The molecule has 0 spiro atoms.